The zero-order valence-electron chi connectivity index (χ0n) is 71.4. The molecule has 0 amide bonds. The van der Waals surface area contributed by atoms with Gasteiger partial charge in [0, 0.05) is 89.1 Å². The number of rotatable bonds is 11. The summed E-state index contributed by atoms with van der Waals surface area (Å²) in [4.78, 5) is 32.1. The summed E-state index contributed by atoms with van der Waals surface area (Å²) in [5, 5.41) is 0. The SMILES string of the molecule is Cc1ccc(C2=C(c3ccc(C#Cc4cc(C(F)(F)F)cc(C(F)(F)F)c4)cc3)C(=O)C(c3ccc(C#Cc4cc(C(F)(F)F)cc(C(F)(F)F)c4)cc3)=C2c2ccc(C(c3ccc(C4=C(c5ccc(C#Cc6cc(C)cc(C(F)(F)F)c6)cc5)C(=O)C(c5ccc(C#Cc6cc(C(F)(F)F)cc(C(F)(F)F)c6)cc5)=C4c4ccc(C(F)(F)F)cc4)cc3)(c3ccc(C(F)(F)F)cc3)C(F)(F)F)cc2)cc1. The summed E-state index contributed by atoms with van der Waals surface area (Å²) < 4.78 is 435. The fraction of sp³-hybridized carbons (Fsp3) is 0.119. The van der Waals surface area contributed by atoms with Crippen molar-refractivity contribution in [3.8, 4) is 47.4 Å². The molecule has 0 radical (unpaired) electrons. The van der Waals surface area contributed by atoms with E-state index in [0.29, 0.717) is 78.4 Å². The molecule has 1 atom stereocenters. The molecule has 13 aromatic carbocycles. The minimum Gasteiger partial charge on any atom is -0.289 e. The summed E-state index contributed by atoms with van der Waals surface area (Å²) in [5.41, 5.74) is -24.4. The average Bonchev–Trinajstić information content (AvgIpc) is 1.61. The van der Waals surface area contributed by atoms with Gasteiger partial charge in [0.2, 0.25) is 0 Å². The Hall–Kier alpha value is -15.7. The molecule has 13 aromatic rings. The number of hydrogen-bond donors (Lipinski definition) is 0. The predicted octanol–water partition coefficient (Wildman–Crippen LogP) is 31.2. The van der Waals surface area contributed by atoms with Crippen molar-refractivity contribution in [3.05, 3.63) is 458 Å². The molecule has 0 aromatic heterocycles. The van der Waals surface area contributed by atoms with E-state index in [1.54, 1.807) is 19.1 Å². The van der Waals surface area contributed by atoms with Gasteiger partial charge in [-0.15, -0.1) is 0 Å². The van der Waals surface area contributed by atoms with Crippen LogP contribution in [0.1, 0.15) is 167 Å². The van der Waals surface area contributed by atoms with E-state index in [9.17, 15) is 119 Å². The van der Waals surface area contributed by atoms with Gasteiger partial charge in [-0.25, -0.2) is 0 Å². The van der Waals surface area contributed by atoms with Gasteiger partial charge in [-0.1, -0.05) is 199 Å². The zero-order valence-corrected chi connectivity index (χ0v) is 71.4. The Morgan fingerprint density at radius 3 is 0.532 bits per heavy atom. The Balaban J connectivity index is 0.922. The maximum absolute atomic E-state index is 17.8. The monoisotopic (exact) mass is 1960 g/mol. The molecule has 0 aliphatic heterocycles. The standard InChI is InChI=1S/C109H54F30O2/c1-59-3-21-69(22-4-59)89-90(94(74-27-17-63(18-28-74)7-11-67-52-85(105(125,126)127)57-86(53-67)106(128,129)130)97(140)93(89)73-25-15-62(16-26-73)6-10-66-50-83(103(119,120)121)56-84(51-66)104(122,123)124)70-31-37-77(38-32-70)99(109(137,138)139,79-43-45-81(46-44-79)101(113,114)115)78-39-33-71(34-40-78)91-92(72-35-41-80(42-36-72)100(110,111)112)96(76-29-19-64(20-30-76)8-12-68-54-87(107(131,132)133)58-88(55-68)108(134,135)136)98(141)95(91)75-23-13-61(14-24-75)5-9-65-47-60(2)48-82(49-65)102(116,117)118/h3-4,13-58H,1-2H3. The Labute approximate surface area is 780 Å². The lowest BCUT2D eigenvalue weighted by molar-refractivity contribution is -0.166. The third-order valence-corrected chi connectivity index (χ3v) is 22.8. The first-order valence-electron chi connectivity index (χ1n) is 41.1. The number of carbonyl (C=O) groups is 2. The lowest BCUT2D eigenvalue weighted by Crippen LogP contribution is -2.44. The highest BCUT2D eigenvalue weighted by Crippen LogP contribution is 2.57. The summed E-state index contributed by atoms with van der Waals surface area (Å²) in [6, 6.07) is 43.5. The lowest BCUT2D eigenvalue weighted by Gasteiger charge is -2.38. The molecule has 1 unspecified atom stereocenters. The van der Waals surface area contributed by atoms with Crippen LogP contribution in [0.3, 0.4) is 0 Å². The minimum absolute atomic E-state index is 0.000922. The smallest absolute Gasteiger partial charge is 0.289 e. The fourth-order valence-corrected chi connectivity index (χ4v) is 16.2. The molecule has 0 fully saturated rings. The van der Waals surface area contributed by atoms with Crippen LogP contribution >= 0.6 is 0 Å². The van der Waals surface area contributed by atoms with Crippen LogP contribution in [0.25, 0.3) is 44.6 Å². The van der Waals surface area contributed by atoms with Gasteiger partial charge in [0.15, 0.2) is 11.6 Å². The van der Waals surface area contributed by atoms with E-state index in [0.717, 1.165) is 84.9 Å². The lowest BCUT2D eigenvalue weighted by atomic mass is 9.68. The van der Waals surface area contributed by atoms with E-state index in [-0.39, 0.29) is 141 Å². The molecule has 0 heterocycles. The first-order valence-corrected chi connectivity index (χ1v) is 41.1. The molecular formula is C109H54F30O2. The van der Waals surface area contributed by atoms with Crippen LogP contribution in [-0.4, -0.2) is 17.7 Å². The highest BCUT2D eigenvalue weighted by Gasteiger charge is 2.59. The van der Waals surface area contributed by atoms with E-state index in [1.807, 2.05) is 0 Å². The van der Waals surface area contributed by atoms with E-state index >= 15 is 22.8 Å². The molecule has 712 valence electrons. The van der Waals surface area contributed by atoms with Gasteiger partial charge >= 0.3 is 61.8 Å². The first kappa shape index (κ1) is 99.8. The second-order valence-corrected chi connectivity index (χ2v) is 32.4. The highest BCUT2D eigenvalue weighted by atomic mass is 19.4. The first-order chi connectivity index (χ1) is 65.8. The molecule has 15 rings (SSSR count). The molecule has 0 saturated carbocycles. The van der Waals surface area contributed by atoms with E-state index < -0.39 is 162 Å². The predicted molar refractivity (Wildman–Crippen MR) is 465 cm³/mol. The van der Waals surface area contributed by atoms with Crippen LogP contribution in [0.4, 0.5) is 132 Å². The van der Waals surface area contributed by atoms with Gasteiger partial charge in [0.25, 0.3) is 0 Å². The molecule has 2 aliphatic carbocycles. The molecule has 0 spiro atoms. The van der Waals surface area contributed by atoms with Gasteiger partial charge in [-0.2, -0.15) is 132 Å². The molecule has 0 bridgehead atoms. The Morgan fingerprint density at radius 2 is 0.319 bits per heavy atom. The van der Waals surface area contributed by atoms with Crippen LogP contribution < -0.4 is 0 Å². The summed E-state index contributed by atoms with van der Waals surface area (Å²) in [6.07, 6.45) is -52.4. The van der Waals surface area contributed by atoms with Crippen LogP contribution in [0, 0.1) is 61.2 Å². The molecular weight excluding hydrogens is 1910 g/mol. The molecule has 32 heteroatoms. The van der Waals surface area contributed by atoms with E-state index in [4.69, 9.17) is 0 Å². The number of ketones is 2. The zero-order chi connectivity index (χ0) is 102. The summed E-state index contributed by atoms with van der Waals surface area (Å²) in [7, 11) is 0. The quantitative estimate of drug-likeness (QED) is 0.0735. The van der Waals surface area contributed by atoms with Crippen LogP contribution in [0.2, 0.25) is 0 Å². The summed E-state index contributed by atoms with van der Waals surface area (Å²) in [5.74, 6) is 17.8. The van der Waals surface area contributed by atoms with Crippen molar-refractivity contribution in [2.24, 2.45) is 0 Å². The van der Waals surface area contributed by atoms with Crippen molar-refractivity contribution in [1.82, 2.24) is 0 Å². The van der Waals surface area contributed by atoms with Gasteiger partial charge in [0.1, 0.15) is 5.41 Å². The number of Topliss-reactive ketones (excluding diaryl/α,β-unsaturated/α-hetero) is 2. The molecule has 141 heavy (non-hydrogen) atoms. The fourth-order valence-electron chi connectivity index (χ4n) is 16.2. The van der Waals surface area contributed by atoms with Crippen molar-refractivity contribution in [1.29, 1.82) is 0 Å². The van der Waals surface area contributed by atoms with Gasteiger partial charge in [0.05, 0.1) is 50.1 Å². The molecule has 0 N–H and O–H groups in total. The number of hydrogen-bond acceptors (Lipinski definition) is 2. The highest BCUT2D eigenvalue weighted by molar-refractivity contribution is 6.60. The minimum atomic E-state index is -5.72. The van der Waals surface area contributed by atoms with Crippen molar-refractivity contribution in [3.63, 3.8) is 0 Å². The third-order valence-electron chi connectivity index (χ3n) is 22.8. The third kappa shape index (κ3) is 21.3. The van der Waals surface area contributed by atoms with Crippen molar-refractivity contribution in [2.75, 3.05) is 0 Å². The van der Waals surface area contributed by atoms with Crippen molar-refractivity contribution in [2.45, 2.75) is 81.0 Å². The maximum atomic E-state index is 17.8. The average molecular weight is 1970 g/mol. The van der Waals surface area contributed by atoms with E-state index in [2.05, 4.69) is 47.4 Å². The van der Waals surface area contributed by atoms with Crippen LogP contribution in [-0.2, 0) is 70.6 Å². The number of halogens is 30. The van der Waals surface area contributed by atoms with Crippen molar-refractivity contribution >= 4 is 56.2 Å². The number of alkyl halides is 30. The number of carbonyl (C=O) groups excluding carboxylic acids is 2. The molecule has 2 nitrogen and oxygen atoms in total. The maximum Gasteiger partial charge on any atom is 0.416 e. The largest absolute Gasteiger partial charge is 0.416 e. The molecule has 2 aliphatic rings. The Bertz CT molecular complexity index is 7450. The summed E-state index contributed by atoms with van der Waals surface area (Å²) >= 11 is 0. The number of benzene rings is 13. The van der Waals surface area contributed by atoms with Crippen LogP contribution in [0.5, 0.6) is 0 Å². The molecule has 0 saturated heterocycles. The van der Waals surface area contributed by atoms with Gasteiger partial charge in [-0.05, 0) is 226 Å². The number of allylic oxidation sites excluding steroid dienone is 8. The van der Waals surface area contributed by atoms with Crippen LogP contribution in [0.15, 0.2) is 291 Å². The second-order valence-electron chi connectivity index (χ2n) is 32.4. The van der Waals surface area contributed by atoms with E-state index in [1.165, 1.54) is 110 Å². The summed E-state index contributed by atoms with van der Waals surface area (Å²) in [6.45, 7) is 3.05. The normalized spacial score (nSPS) is 14.1. The van der Waals surface area contributed by atoms with Crippen molar-refractivity contribution < 1.29 is 141 Å². The van der Waals surface area contributed by atoms with Gasteiger partial charge in [-0.3, -0.25) is 9.59 Å². The van der Waals surface area contributed by atoms with Gasteiger partial charge < -0.3 is 0 Å². The Morgan fingerprint density at radius 1 is 0.156 bits per heavy atom. The number of aryl methyl sites for hydroxylation is 2. The second kappa shape index (κ2) is 36.9. The topological polar surface area (TPSA) is 34.1 Å². The Kier molecular flexibility index (Phi) is 26.1.